The molecular weight excluding hydrogens is 440 g/mol. The van der Waals surface area contributed by atoms with Crippen LogP contribution in [-0.2, 0) is 14.9 Å². The third-order valence-corrected chi connectivity index (χ3v) is 7.83. The van der Waals surface area contributed by atoms with Gasteiger partial charge in [-0.3, -0.25) is 14.5 Å². The second kappa shape index (κ2) is 10.6. The number of rotatable bonds is 7. The van der Waals surface area contributed by atoms with Gasteiger partial charge in [-0.2, -0.15) is 0 Å². The van der Waals surface area contributed by atoms with Crippen LogP contribution < -0.4 is 4.74 Å². The Kier molecular flexibility index (Phi) is 7.60. The number of hydrogen-bond acceptors (Lipinski definition) is 5. The lowest BCUT2D eigenvalue weighted by Gasteiger charge is -2.56. The number of ether oxygens (including phenoxy) is 2. The summed E-state index contributed by atoms with van der Waals surface area (Å²) in [6.45, 7) is 7.91. The minimum atomic E-state index is -0.295. The van der Waals surface area contributed by atoms with E-state index in [-0.39, 0.29) is 35.4 Å². The minimum Gasteiger partial charge on any atom is -0.497 e. The van der Waals surface area contributed by atoms with Crippen molar-refractivity contribution in [2.75, 3.05) is 33.8 Å². The maximum Gasteiger partial charge on any atom is 0.302 e. The van der Waals surface area contributed by atoms with E-state index in [0.717, 1.165) is 38.2 Å². The highest BCUT2D eigenvalue weighted by Gasteiger charge is 2.54. The van der Waals surface area contributed by atoms with Crippen LogP contribution in [-0.4, -0.2) is 67.6 Å². The average molecular weight is 477 g/mol. The summed E-state index contributed by atoms with van der Waals surface area (Å²) < 4.78 is 11.6. The largest absolute Gasteiger partial charge is 0.497 e. The first-order valence-corrected chi connectivity index (χ1v) is 12.3. The molecule has 4 rings (SSSR count). The Labute approximate surface area is 208 Å². The number of carbonyl (C=O) groups excluding carboxylic acids is 2. The van der Waals surface area contributed by atoms with Crippen LogP contribution in [0.1, 0.15) is 42.1 Å². The fourth-order valence-corrected chi connectivity index (χ4v) is 6.10. The van der Waals surface area contributed by atoms with Gasteiger partial charge >= 0.3 is 5.97 Å². The normalized spacial score (nSPS) is 26.3. The molecule has 186 valence electrons. The van der Waals surface area contributed by atoms with Gasteiger partial charge < -0.3 is 14.4 Å². The molecule has 0 radical (unpaired) electrons. The Balaban J connectivity index is 1.75. The molecule has 1 aliphatic carbocycles. The topological polar surface area (TPSA) is 59.1 Å². The molecular formula is C29H36N2O4. The average Bonchev–Trinajstić information content (AvgIpc) is 2.88. The second-order valence-electron chi connectivity index (χ2n) is 9.82. The zero-order valence-corrected chi connectivity index (χ0v) is 21.0. The second-order valence-corrected chi connectivity index (χ2v) is 9.82. The predicted molar refractivity (Wildman–Crippen MR) is 137 cm³/mol. The number of benzene rings is 2. The van der Waals surface area contributed by atoms with Gasteiger partial charge in [0.25, 0.3) is 5.91 Å². The maximum absolute atomic E-state index is 13.4. The van der Waals surface area contributed by atoms with Crippen LogP contribution >= 0.6 is 0 Å². The van der Waals surface area contributed by atoms with Gasteiger partial charge in [0.1, 0.15) is 11.9 Å². The van der Waals surface area contributed by atoms with Crippen molar-refractivity contribution in [1.82, 2.24) is 9.80 Å². The molecule has 2 fully saturated rings. The first-order valence-electron chi connectivity index (χ1n) is 12.3. The molecule has 4 atom stereocenters. The Hall–Kier alpha value is -3.12. The summed E-state index contributed by atoms with van der Waals surface area (Å²) in [4.78, 5) is 29.8. The number of nitrogens with zero attached hydrogens (tertiary/aromatic N) is 2. The van der Waals surface area contributed by atoms with Gasteiger partial charge in [-0.05, 0) is 49.2 Å². The van der Waals surface area contributed by atoms with Crippen LogP contribution in [0.5, 0.6) is 5.75 Å². The Morgan fingerprint density at radius 2 is 1.97 bits per heavy atom. The van der Waals surface area contributed by atoms with E-state index in [1.165, 1.54) is 12.5 Å². The summed E-state index contributed by atoms with van der Waals surface area (Å²) in [7, 11) is 3.55. The number of carbonyl (C=O) groups is 2. The molecule has 1 heterocycles. The molecule has 1 saturated heterocycles. The lowest BCUT2D eigenvalue weighted by molar-refractivity contribution is -0.158. The number of likely N-dealkylation sites (tertiary alicyclic amines) is 1. The van der Waals surface area contributed by atoms with Gasteiger partial charge in [0.15, 0.2) is 0 Å². The first-order chi connectivity index (χ1) is 16.9. The maximum atomic E-state index is 13.4. The molecule has 1 saturated carbocycles. The third-order valence-electron chi connectivity index (χ3n) is 7.83. The molecule has 0 N–H and O–H groups in total. The van der Waals surface area contributed by atoms with E-state index in [0.29, 0.717) is 12.0 Å². The molecule has 2 aliphatic rings. The van der Waals surface area contributed by atoms with Crippen molar-refractivity contribution in [1.29, 1.82) is 0 Å². The third kappa shape index (κ3) is 5.13. The van der Waals surface area contributed by atoms with Crippen LogP contribution in [0.2, 0.25) is 0 Å². The lowest BCUT2D eigenvalue weighted by atomic mass is 9.56. The molecule has 0 aromatic heterocycles. The molecule has 1 amide bonds. The van der Waals surface area contributed by atoms with E-state index >= 15 is 0 Å². The highest BCUT2D eigenvalue weighted by atomic mass is 16.5. The lowest BCUT2D eigenvalue weighted by Crippen LogP contribution is -2.61. The van der Waals surface area contributed by atoms with E-state index in [1.807, 2.05) is 60.5 Å². The highest BCUT2D eigenvalue weighted by Crippen LogP contribution is 2.51. The highest BCUT2D eigenvalue weighted by molar-refractivity contribution is 5.94. The Morgan fingerprint density at radius 1 is 1.20 bits per heavy atom. The monoisotopic (exact) mass is 476 g/mol. The standard InChI is InChI=1S/C29H36N2O4/c1-5-15-31-16-14-29(23-12-9-13-25(17-23)34-4)19-24(18-27(26(29)20-31)35-21(2)32)30(3)28(33)22-10-7-6-8-11-22/h5-13,17,24,26-27H,1,14-16,18-20H2,2-4H3/t24-,26?,27?,29?/m1/s1. The van der Waals surface area contributed by atoms with Gasteiger partial charge in [-0.25, -0.2) is 0 Å². The van der Waals surface area contributed by atoms with Gasteiger partial charge in [-0.1, -0.05) is 36.4 Å². The van der Waals surface area contributed by atoms with Gasteiger partial charge in [0, 0.05) is 56.4 Å². The fourth-order valence-electron chi connectivity index (χ4n) is 6.10. The molecule has 3 unspecified atom stereocenters. The summed E-state index contributed by atoms with van der Waals surface area (Å²) in [5.74, 6) is 0.612. The van der Waals surface area contributed by atoms with Crippen molar-refractivity contribution >= 4 is 11.9 Å². The first kappa shape index (κ1) is 25.0. The zero-order chi connectivity index (χ0) is 25.0. The quantitative estimate of drug-likeness (QED) is 0.440. The molecule has 0 spiro atoms. The summed E-state index contributed by atoms with van der Waals surface area (Å²) in [6.07, 6.45) is 3.96. The van der Waals surface area contributed by atoms with Crippen LogP contribution in [0.15, 0.2) is 67.3 Å². The van der Waals surface area contributed by atoms with Crippen molar-refractivity contribution in [3.8, 4) is 5.75 Å². The number of hydrogen-bond donors (Lipinski definition) is 0. The van der Waals surface area contributed by atoms with Gasteiger partial charge in [-0.15, -0.1) is 6.58 Å². The summed E-state index contributed by atoms with van der Waals surface area (Å²) >= 11 is 0. The van der Waals surface area contributed by atoms with Crippen LogP contribution in [0.25, 0.3) is 0 Å². The molecule has 1 aliphatic heterocycles. The van der Waals surface area contributed by atoms with E-state index in [9.17, 15) is 9.59 Å². The SMILES string of the molecule is C=CCN1CCC2(c3cccc(OC)c3)C[C@H](N(C)C(=O)c3ccccc3)CC(OC(C)=O)C2C1. The summed E-state index contributed by atoms with van der Waals surface area (Å²) in [6, 6.07) is 17.6. The van der Waals surface area contributed by atoms with Gasteiger partial charge in [0.2, 0.25) is 0 Å². The molecule has 2 aromatic carbocycles. The number of fused-ring (bicyclic) bond motifs is 1. The van der Waals surface area contributed by atoms with Crippen molar-refractivity contribution in [2.45, 2.75) is 43.7 Å². The molecule has 6 heteroatoms. The number of piperidine rings is 1. The molecule has 0 bridgehead atoms. The van der Waals surface area contributed by atoms with Crippen molar-refractivity contribution in [2.24, 2.45) is 5.92 Å². The van der Waals surface area contributed by atoms with Gasteiger partial charge in [0.05, 0.1) is 7.11 Å². The smallest absolute Gasteiger partial charge is 0.302 e. The fraction of sp³-hybridized carbons (Fsp3) is 0.448. The van der Waals surface area contributed by atoms with Crippen LogP contribution in [0.4, 0.5) is 0 Å². The minimum absolute atomic E-state index is 0.0134. The Morgan fingerprint density at radius 3 is 2.66 bits per heavy atom. The molecule has 6 nitrogen and oxygen atoms in total. The predicted octanol–water partition coefficient (Wildman–Crippen LogP) is 4.31. The van der Waals surface area contributed by atoms with Crippen molar-refractivity contribution in [3.63, 3.8) is 0 Å². The molecule has 2 aromatic rings. The van der Waals surface area contributed by atoms with Crippen molar-refractivity contribution < 1.29 is 19.1 Å². The number of methoxy groups -OCH3 is 1. The van der Waals surface area contributed by atoms with E-state index in [1.54, 1.807) is 7.11 Å². The van der Waals surface area contributed by atoms with E-state index in [4.69, 9.17) is 9.47 Å². The van der Waals surface area contributed by atoms with Crippen molar-refractivity contribution in [3.05, 3.63) is 78.4 Å². The molecule has 35 heavy (non-hydrogen) atoms. The van der Waals surface area contributed by atoms with Crippen LogP contribution in [0.3, 0.4) is 0 Å². The zero-order valence-electron chi connectivity index (χ0n) is 21.0. The Bertz CT molecular complexity index is 1060. The number of esters is 1. The van der Waals surface area contributed by atoms with E-state index in [2.05, 4.69) is 23.6 Å². The van der Waals surface area contributed by atoms with E-state index < -0.39 is 0 Å². The van der Waals surface area contributed by atoms with Crippen LogP contribution in [0, 0.1) is 5.92 Å². The number of amides is 1. The summed E-state index contributed by atoms with van der Waals surface area (Å²) in [5, 5.41) is 0. The summed E-state index contributed by atoms with van der Waals surface area (Å²) in [5.41, 5.74) is 1.60.